The molecule has 0 unspecified atom stereocenters. The van der Waals surface area contributed by atoms with Crippen molar-refractivity contribution in [3.05, 3.63) is 30.3 Å². The molecule has 1 aliphatic carbocycles. The van der Waals surface area contributed by atoms with Gasteiger partial charge in [0, 0.05) is 5.92 Å². The predicted octanol–water partition coefficient (Wildman–Crippen LogP) is 4.44. The fraction of sp³-hybridized carbons (Fsp3) is 0.562. The Hall–Kier alpha value is -1.45. The van der Waals surface area contributed by atoms with Gasteiger partial charge in [-0.2, -0.15) is 0 Å². The van der Waals surface area contributed by atoms with Crippen LogP contribution in [0.2, 0.25) is 0 Å². The maximum atomic E-state index is 13.2. The molecule has 0 bridgehead atoms. The molecule has 110 valence electrons. The van der Waals surface area contributed by atoms with E-state index >= 15 is 0 Å². The second kappa shape index (κ2) is 7.36. The van der Waals surface area contributed by atoms with E-state index in [0.29, 0.717) is 5.75 Å². The summed E-state index contributed by atoms with van der Waals surface area (Å²) in [6, 6.07) is 8.59. The van der Waals surface area contributed by atoms with Gasteiger partial charge in [0.1, 0.15) is 5.75 Å². The Morgan fingerprint density at radius 1 is 1.15 bits per heavy atom. The van der Waals surface area contributed by atoms with Crippen LogP contribution in [0.1, 0.15) is 38.5 Å². The van der Waals surface area contributed by atoms with Crippen LogP contribution in [0, 0.1) is 11.8 Å². The average molecular weight is 282 g/mol. The molecule has 0 aliphatic heterocycles. The van der Waals surface area contributed by atoms with Crippen molar-refractivity contribution < 1.29 is 18.3 Å². The molecular weight excluding hydrogens is 262 g/mol. The van der Waals surface area contributed by atoms with Crippen LogP contribution >= 0.6 is 0 Å². The Labute approximate surface area is 118 Å². The molecule has 2 rings (SSSR count). The van der Waals surface area contributed by atoms with Gasteiger partial charge in [0.15, 0.2) is 0 Å². The van der Waals surface area contributed by atoms with E-state index in [4.69, 9.17) is 4.74 Å². The highest BCUT2D eigenvalue weighted by atomic mass is 19.3. The molecule has 2 nitrogen and oxygen atoms in total. The molecule has 1 aliphatic rings. The van der Waals surface area contributed by atoms with E-state index in [1.807, 2.05) is 0 Å². The van der Waals surface area contributed by atoms with E-state index in [1.54, 1.807) is 30.3 Å². The molecule has 0 spiro atoms. The maximum Gasteiger partial charge on any atom is 0.311 e. The Kier molecular flexibility index (Phi) is 5.50. The summed E-state index contributed by atoms with van der Waals surface area (Å²) in [5, 5.41) is 0. The van der Waals surface area contributed by atoms with Crippen molar-refractivity contribution in [2.75, 3.05) is 0 Å². The maximum absolute atomic E-state index is 13.2. The monoisotopic (exact) mass is 282 g/mol. The zero-order valence-electron chi connectivity index (χ0n) is 11.4. The Bertz CT molecular complexity index is 414. The highest BCUT2D eigenvalue weighted by Gasteiger charge is 2.33. The van der Waals surface area contributed by atoms with Gasteiger partial charge in [0.25, 0.3) is 0 Å². The molecule has 1 aromatic rings. The van der Waals surface area contributed by atoms with Gasteiger partial charge in [0.05, 0.1) is 6.42 Å². The number of rotatable bonds is 5. The first-order valence-electron chi connectivity index (χ1n) is 7.20. The summed E-state index contributed by atoms with van der Waals surface area (Å²) in [6.07, 6.45) is 2.03. The smallest absolute Gasteiger partial charge is 0.311 e. The number of para-hydroxylation sites is 1. The van der Waals surface area contributed by atoms with Crippen LogP contribution in [0.15, 0.2) is 30.3 Å². The van der Waals surface area contributed by atoms with Crippen LogP contribution in [-0.2, 0) is 4.79 Å². The molecule has 1 fully saturated rings. The molecule has 0 radical (unpaired) electrons. The fourth-order valence-corrected chi connectivity index (χ4v) is 2.88. The summed E-state index contributed by atoms with van der Waals surface area (Å²) in [4.78, 5) is 11.8. The van der Waals surface area contributed by atoms with Gasteiger partial charge >= 0.3 is 5.97 Å². The molecule has 0 aromatic heterocycles. The lowest BCUT2D eigenvalue weighted by Gasteiger charge is -2.29. The van der Waals surface area contributed by atoms with Crippen molar-refractivity contribution in [3.8, 4) is 5.75 Å². The Balaban J connectivity index is 1.92. The third-order valence-electron chi connectivity index (χ3n) is 3.96. The van der Waals surface area contributed by atoms with E-state index < -0.39 is 18.3 Å². The number of alkyl halides is 2. The number of carbonyl (C=O) groups excluding carboxylic acids is 1. The van der Waals surface area contributed by atoms with Crippen molar-refractivity contribution in [2.45, 2.75) is 45.0 Å². The molecule has 20 heavy (non-hydrogen) atoms. The Morgan fingerprint density at radius 2 is 1.80 bits per heavy atom. The third-order valence-corrected chi connectivity index (χ3v) is 3.96. The minimum Gasteiger partial charge on any atom is -0.427 e. The van der Waals surface area contributed by atoms with Crippen molar-refractivity contribution >= 4 is 5.97 Å². The predicted molar refractivity (Wildman–Crippen MR) is 72.8 cm³/mol. The first-order chi connectivity index (χ1) is 9.66. The second-order valence-electron chi connectivity index (χ2n) is 5.39. The number of esters is 1. The molecule has 1 aromatic carbocycles. The van der Waals surface area contributed by atoms with Crippen LogP contribution in [0.4, 0.5) is 8.78 Å². The van der Waals surface area contributed by atoms with Crippen molar-refractivity contribution in [1.29, 1.82) is 0 Å². The quantitative estimate of drug-likeness (QED) is 0.589. The number of halogens is 2. The van der Waals surface area contributed by atoms with E-state index in [1.165, 1.54) is 0 Å². The summed E-state index contributed by atoms with van der Waals surface area (Å²) in [5.74, 6) is -1.07. The fourth-order valence-electron chi connectivity index (χ4n) is 2.88. The first-order valence-corrected chi connectivity index (χ1v) is 7.20. The first kappa shape index (κ1) is 14.9. The molecule has 0 heterocycles. The largest absolute Gasteiger partial charge is 0.427 e. The average Bonchev–Trinajstić information content (AvgIpc) is 2.46. The summed E-state index contributed by atoms with van der Waals surface area (Å²) >= 11 is 0. The van der Waals surface area contributed by atoms with Gasteiger partial charge in [-0.1, -0.05) is 37.5 Å². The number of ether oxygens (including phenoxy) is 1. The van der Waals surface area contributed by atoms with E-state index in [2.05, 4.69) is 0 Å². The van der Waals surface area contributed by atoms with Crippen LogP contribution in [0.3, 0.4) is 0 Å². The SMILES string of the molecule is O=C(C[C@H](C(F)F)C1CCCCC1)Oc1ccccc1. The number of hydrogen-bond donors (Lipinski definition) is 0. The molecule has 0 N–H and O–H groups in total. The summed E-state index contributed by atoms with van der Waals surface area (Å²) in [7, 11) is 0. The topological polar surface area (TPSA) is 26.3 Å². The zero-order chi connectivity index (χ0) is 14.4. The summed E-state index contributed by atoms with van der Waals surface area (Å²) in [6.45, 7) is 0. The van der Waals surface area contributed by atoms with Gasteiger partial charge < -0.3 is 4.74 Å². The lowest BCUT2D eigenvalue weighted by Crippen LogP contribution is -2.28. The molecule has 1 saturated carbocycles. The lowest BCUT2D eigenvalue weighted by atomic mass is 9.79. The van der Waals surface area contributed by atoms with Gasteiger partial charge in [-0.3, -0.25) is 4.79 Å². The van der Waals surface area contributed by atoms with Crippen LogP contribution in [0.25, 0.3) is 0 Å². The zero-order valence-corrected chi connectivity index (χ0v) is 11.4. The molecule has 0 amide bonds. The van der Waals surface area contributed by atoms with Gasteiger partial charge in [-0.25, -0.2) is 8.78 Å². The molecule has 4 heteroatoms. The molecule has 0 saturated heterocycles. The van der Waals surface area contributed by atoms with Crippen LogP contribution < -0.4 is 4.74 Å². The van der Waals surface area contributed by atoms with Crippen molar-refractivity contribution in [2.24, 2.45) is 11.8 Å². The highest BCUT2D eigenvalue weighted by Crippen LogP contribution is 2.35. The third kappa shape index (κ3) is 4.29. The van der Waals surface area contributed by atoms with Gasteiger partial charge in [0.2, 0.25) is 6.43 Å². The minimum atomic E-state index is -2.46. The second-order valence-corrected chi connectivity index (χ2v) is 5.39. The number of benzene rings is 1. The lowest BCUT2D eigenvalue weighted by molar-refractivity contribution is -0.138. The van der Waals surface area contributed by atoms with E-state index in [9.17, 15) is 13.6 Å². The van der Waals surface area contributed by atoms with Crippen molar-refractivity contribution in [1.82, 2.24) is 0 Å². The summed E-state index contributed by atoms with van der Waals surface area (Å²) < 4.78 is 31.5. The number of carbonyl (C=O) groups is 1. The Morgan fingerprint density at radius 3 is 2.40 bits per heavy atom. The normalized spacial score (nSPS) is 17.9. The molecular formula is C16H20F2O2. The van der Waals surface area contributed by atoms with E-state index in [-0.39, 0.29) is 12.3 Å². The number of hydrogen-bond acceptors (Lipinski definition) is 2. The van der Waals surface area contributed by atoms with Crippen LogP contribution in [0.5, 0.6) is 5.75 Å². The van der Waals surface area contributed by atoms with Crippen LogP contribution in [-0.4, -0.2) is 12.4 Å². The van der Waals surface area contributed by atoms with Crippen molar-refractivity contribution in [3.63, 3.8) is 0 Å². The van der Waals surface area contributed by atoms with Gasteiger partial charge in [-0.15, -0.1) is 0 Å². The summed E-state index contributed by atoms with van der Waals surface area (Å²) in [5.41, 5.74) is 0. The minimum absolute atomic E-state index is 0.0490. The van der Waals surface area contributed by atoms with Gasteiger partial charge in [-0.05, 0) is 30.9 Å². The van der Waals surface area contributed by atoms with E-state index in [0.717, 1.165) is 32.1 Å². The highest BCUT2D eigenvalue weighted by molar-refractivity contribution is 5.72. The standard InChI is InChI=1S/C16H20F2O2/c17-16(18)14(12-7-3-1-4-8-12)11-15(19)20-13-9-5-2-6-10-13/h2,5-6,9-10,12,14,16H,1,3-4,7-8,11H2/t14-/m0/s1. The molecule has 1 atom stereocenters.